The van der Waals surface area contributed by atoms with E-state index in [9.17, 15) is 4.79 Å². The fourth-order valence-corrected chi connectivity index (χ4v) is 7.53. The second-order valence-electron chi connectivity index (χ2n) is 7.91. The van der Waals surface area contributed by atoms with Crippen LogP contribution in [-0.2, 0) is 12.8 Å². The molecule has 1 aromatic carbocycles. The minimum Gasteiger partial charge on any atom is -0.309 e. The van der Waals surface area contributed by atoms with Crippen LogP contribution < -0.4 is 5.56 Å². The largest absolute Gasteiger partial charge is 0.309 e. The highest BCUT2D eigenvalue weighted by Crippen LogP contribution is 2.38. The van der Waals surface area contributed by atoms with Gasteiger partial charge in [-0.15, -0.1) is 21.5 Å². The molecule has 6 nitrogen and oxygen atoms in total. The first kappa shape index (κ1) is 18.5. The average molecular weight is 454 g/mol. The molecule has 0 amide bonds. The van der Waals surface area contributed by atoms with E-state index in [1.807, 2.05) is 12.1 Å². The van der Waals surface area contributed by atoms with Crippen molar-refractivity contribution < 1.29 is 0 Å². The van der Waals surface area contributed by atoms with E-state index in [0.29, 0.717) is 11.7 Å². The SMILES string of the molecule is CC1CCc2c(sc3nc(C(C)Sc4nnc5sc6ccccc6n45)[nH]c(=O)c23)C1. The summed E-state index contributed by atoms with van der Waals surface area (Å²) in [5.41, 5.74) is 2.31. The topological polar surface area (TPSA) is 75.9 Å². The molecule has 1 aliphatic rings. The molecule has 0 saturated carbocycles. The number of rotatable bonds is 3. The molecule has 5 aromatic rings. The van der Waals surface area contributed by atoms with Gasteiger partial charge in [-0.2, -0.15) is 0 Å². The molecule has 2 atom stereocenters. The van der Waals surface area contributed by atoms with Crippen molar-refractivity contribution in [3.63, 3.8) is 0 Å². The fraction of sp³-hybridized carbons (Fsp3) is 0.333. The van der Waals surface area contributed by atoms with E-state index in [4.69, 9.17) is 4.98 Å². The van der Waals surface area contributed by atoms with Crippen molar-refractivity contribution >= 4 is 59.8 Å². The molecule has 4 heterocycles. The minimum atomic E-state index is -0.0498. The van der Waals surface area contributed by atoms with Crippen molar-refractivity contribution in [2.24, 2.45) is 5.92 Å². The molecule has 0 fully saturated rings. The van der Waals surface area contributed by atoms with Crippen LogP contribution in [0.25, 0.3) is 25.4 Å². The van der Waals surface area contributed by atoms with Crippen LogP contribution in [0.2, 0.25) is 0 Å². The molecular weight excluding hydrogens is 434 g/mol. The highest BCUT2D eigenvalue weighted by molar-refractivity contribution is 7.99. The zero-order chi connectivity index (χ0) is 20.4. The van der Waals surface area contributed by atoms with Gasteiger partial charge in [0.25, 0.3) is 5.56 Å². The molecule has 6 rings (SSSR count). The lowest BCUT2D eigenvalue weighted by Crippen LogP contribution is -2.15. The number of benzene rings is 1. The quantitative estimate of drug-likeness (QED) is 0.379. The lowest BCUT2D eigenvalue weighted by atomic mass is 9.89. The van der Waals surface area contributed by atoms with Gasteiger partial charge in [-0.1, -0.05) is 42.2 Å². The van der Waals surface area contributed by atoms with E-state index < -0.39 is 0 Å². The van der Waals surface area contributed by atoms with Gasteiger partial charge in [0.05, 0.1) is 20.9 Å². The molecule has 1 N–H and O–H groups in total. The zero-order valence-electron chi connectivity index (χ0n) is 16.5. The standard InChI is InChI=1S/C21H19N5OS3/c1-10-7-8-12-15(9-10)29-19-16(12)18(27)22-17(23-19)11(2)28-20-24-25-21-26(20)13-5-3-4-6-14(13)30-21/h3-6,10-11H,7-9H2,1-2H3,(H,22,23,27). The summed E-state index contributed by atoms with van der Waals surface area (Å²) in [7, 11) is 0. The minimum absolute atomic E-state index is 0.0122. The fourth-order valence-electron chi connectivity index (χ4n) is 4.20. The number of thiophene rings is 1. The maximum absolute atomic E-state index is 12.9. The van der Waals surface area contributed by atoms with E-state index in [-0.39, 0.29) is 10.8 Å². The number of fused-ring (bicyclic) bond motifs is 6. The highest BCUT2D eigenvalue weighted by Gasteiger charge is 2.24. The van der Waals surface area contributed by atoms with Crippen LogP contribution in [0.4, 0.5) is 0 Å². The Bertz CT molecular complexity index is 1480. The number of aryl methyl sites for hydroxylation is 1. The van der Waals surface area contributed by atoms with Crippen molar-refractivity contribution in [2.75, 3.05) is 0 Å². The van der Waals surface area contributed by atoms with Crippen molar-refractivity contribution in [1.82, 2.24) is 24.6 Å². The van der Waals surface area contributed by atoms with Gasteiger partial charge < -0.3 is 4.98 Å². The van der Waals surface area contributed by atoms with Crippen molar-refractivity contribution in [2.45, 2.75) is 43.5 Å². The number of aromatic nitrogens is 5. The third-order valence-corrected chi connectivity index (χ3v) is 8.97. The molecule has 1 aliphatic carbocycles. The Morgan fingerprint density at radius 2 is 2.13 bits per heavy atom. The van der Waals surface area contributed by atoms with Gasteiger partial charge in [-0.05, 0) is 49.8 Å². The molecule has 152 valence electrons. The van der Waals surface area contributed by atoms with Crippen LogP contribution >= 0.6 is 34.4 Å². The van der Waals surface area contributed by atoms with E-state index in [1.165, 1.54) is 15.1 Å². The molecule has 2 unspecified atom stereocenters. The van der Waals surface area contributed by atoms with E-state index in [2.05, 4.69) is 45.6 Å². The summed E-state index contributed by atoms with van der Waals surface area (Å²) in [5.74, 6) is 1.37. The van der Waals surface area contributed by atoms with Gasteiger partial charge in [0.15, 0.2) is 5.16 Å². The maximum Gasteiger partial charge on any atom is 0.259 e. The monoisotopic (exact) mass is 453 g/mol. The Morgan fingerprint density at radius 1 is 1.27 bits per heavy atom. The number of aromatic amines is 1. The predicted octanol–water partition coefficient (Wildman–Crippen LogP) is 5.22. The molecule has 0 saturated heterocycles. The lowest BCUT2D eigenvalue weighted by molar-refractivity contribution is 0.509. The number of para-hydroxylation sites is 1. The summed E-state index contributed by atoms with van der Waals surface area (Å²) in [6.45, 7) is 4.34. The Hall–Kier alpha value is -2.23. The first-order valence-corrected chi connectivity index (χ1v) is 12.5. The second kappa shape index (κ2) is 6.90. The summed E-state index contributed by atoms with van der Waals surface area (Å²) in [5, 5.41) is 10.3. The lowest BCUT2D eigenvalue weighted by Gasteiger charge is -2.17. The number of nitrogens with one attached hydrogen (secondary N) is 1. The molecule has 9 heteroatoms. The molecule has 0 bridgehead atoms. The van der Waals surface area contributed by atoms with E-state index in [0.717, 1.165) is 45.1 Å². The molecule has 0 spiro atoms. The van der Waals surface area contributed by atoms with Gasteiger partial charge >= 0.3 is 0 Å². The van der Waals surface area contributed by atoms with Crippen LogP contribution in [0.5, 0.6) is 0 Å². The summed E-state index contributed by atoms with van der Waals surface area (Å²) in [6, 6.07) is 8.24. The first-order valence-electron chi connectivity index (χ1n) is 10.0. The smallest absolute Gasteiger partial charge is 0.259 e. The normalized spacial score (nSPS) is 17.7. The van der Waals surface area contributed by atoms with Gasteiger partial charge in [0.1, 0.15) is 10.7 Å². The van der Waals surface area contributed by atoms with Crippen LogP contribution in [0, 0.1) is 5.92 Å². The highest BCUT2D eigenvalue weighted by atomic mass is 32.2. The van der Waals surface area contributed by atoms with Crippen molar-refractivity contribution in [1.29, 1.82) is 0 Å². The Labute approximate surface area is 184 Å². The summed E-state index contributed by atoms with van der Waals surface area (Å²) < 4.78 is 3.27. The number of nitrogens with zero attached hydrogens (tertiary/aromatic N) is 4. The summed E-state index contributed by atoms with van der Waals surface area (Å²) >= 11 is 4.89. The first-order chi connectivity index (χ1) is 14.6. The van der Waals surface area contributed by atoms with Gasteiger partial charge in [-0.25, -0.2) is 4.98 Å². The summed E-state index contributed by atoms with van der Waals surface area (Å²) in [4.78, 5) is 23.9. The van der Waals surface area contributed by atoms with Crippen molar-refractivity contribution in [3.05, 3.63) is 50.9 Å². The third kappa shape index (κ3) is 2.83. The summed E-state index contributed by atoms with van der Waals surface area (Å²) in [6.07, 6.45) is 3.18. The number of thiazole rings is 1. The second-order valence-corrected chi connectivity index (χ2v) is 11.3. The Kier molecular flexibility index (Phi) is 4.26. The molecule has 30 heavy (non-hydrogen) atoms. The van der Waals surface area contributed by atoms with Gasteiger partial charge in [0.2, 0.25) is 4.96 Å². The number of hydrogen-bond acceptors (Lipinski definition) is 7. The molecular formula is C21H19N5OS3. The van der Waals surface area contributed by atoms with Crippen LogP contribution in [-0.4, -0.2) is 24.6 Å². The molecule has 4 aromatic heterocycles. The zero-order valence-corrected chi connectivity index (χ0v) is 19.0. The van der Waals surface area contributed by atoms with Crippen LogP contribution in [0.3, 0.4) is 0 Å². The number of H-pyrrole nitrogens is 1. The van der Waals surface area contributed by atoms with Crippen LogP contribution in [0.15, 0.2) is 34.2 Å². The predicted molar refractivity (Wildman–Crippen MR) is 124 cm³/mol. The van der Waals surface area contributed by atoms with Crippen LogP contribution in [0.1, 0.15) is 41.8 Å². The maximum atomic E-state index is 12.9. The molecule has 0 aliphatic heterocycles. The number of hydrogen-bond donors (Lipinski definition) is 1. The van der Waals surface area contributed by atoms with E-state index in [1.54, 1.807) is 34.4 Å². The molecule has 0 radical (unpaired) electrons. The number of thioether (sulfide) groups is 1. The Balaban J connectivity index is 1.39. The van der Waals surface area contributed by atoms with Gasteiger partial charge in [0, 0.05) is 4.88 Å². The average Bonchev–Trinajstić information content (AvgIpc) is 3.39. The Morgan fingerprint density at radius 3 is 3.03 bits per heavy atom. The van der Waals surface area contributed by atoms with Gasteiger partial charge in [-0.3, -0.25) is 9.20 Å². The third-order valence-electron chi connectivity index (χ3n) is 5.76. The van der Waals surface area contributed by atoms with E-state index >= 15 is 0 Å². The van der Waals surface area contributed by atoms with Crippen molar-refractivity contribution in [3.8, 4) is 0 Å².